The summed E-state index contributed by atoms with van der Waals surface area (Å²) in [6, 6.07) is 4.62. The highest BCUT2D eigenvalue weighted by Crippen LogP contribution is 2.24. The number of nitrogens with one attached hydrogen (secondary N) is 3. The zero-order valence-corrected chi connectivity index (χ0v) is 12.2. The maximum Gasteiger partial charge on any atom is 0.141 e. The summed E-state index contributed by atoms with van der Waals surface area (Å²) < 4.78 is 0. The molecule has 2 aromatic rings. The van der Waals surface area contributed by atoms with E-state index in [1.165, 1.54) is 12.5 Å². The van der Waals surface area contributed by atoms with Gasteiger partial charge in [-0.05, 0) is 31.7 Å². The molecule has 3 rings (SSSR count). The fourth-order valence-electron chi connectivity index (χ4n) is 2.88. The molecule has 1 fully saturated rings. The number of nitrogens with zero attached hydrogens (tertiary/aromatic N) is 3. The van der Waals surface area contributed by atoms with E-state index in [1.54, 1.807) is 0 Å². The molecule has 0 bridgehead atoms. The molecule has 1 aliphatic rings. The Balaban J connectivity index is 1.76. The minimum atomic E-state index is 0.200. The van der Waals surface area contributed by atoms with Crippen LogP contribution in [0.2, 0.25) is 0 Å². The van der Waals surface area contributed by atoms with Gasteiger partial charge in [-0.2, -0.15) is 5.26 Å². The van der Waals surface area contributed by atoms with Crippen molar-refractivity contribution in [1.29, 1.82) is 10.7 Å². The smallest absolute Gasteiger partial charge is 0.141 e. The normalized spacial score (nSPS) is 22.2. The number of allylic oxidation sites excluding steroid dienone is 1. The van der Waals surface area contributed by atoms with Crippen LogP contribution in [-0.4, -0.2) is 27.2 Å². The van der Waals surface area contributed by atoms with Gasteiger partial charge in [0.2, 0.25) is 0 Å². The minimum absolute atomic E-state index is 0.200. The molecule has 2 heterocycles. The van der Waals surface area contributed by atoms with E-state index in [0.717, 1.165) is 48.0 Å². The molecule has 0 aliphatic heterocycles. The Morgan fingerprint density at radius 2 is 2.18 bits per heavy atom. The van der Waals surface area contributed by atoms with Crippen LogP contribution in [0.4, 0.5) is 0 Å². The predicted octanol–water partition coefficient (Wildman–Crippen LogP) is 2.62. The van der Waals surface area contributed by atoms with Crippen molar-refractivity contribution < 1.29 is 0 Å². The van der Waals surface area contributed by atoms with E-state index < -0.39 is 0 Å². The highest BCUT2D eigenvalue weighted by Gasteiger charge is 2.20. The van der Waals surface area contributed by atoms with Crippen molar-refractivity contribution in [3.8, 4) is 6.07 Å². The first-order valence-electron chi connectivity index (χ1n) is 7.46. The van der Waals surface area contributed by atoms with E-state index in [0.29, 0.717) is 6.04 Å². The lowest BCUT2D eigenvalue weighted by Crippen LogP contribution is -2.29. The van der Waals surface area contributed by atoms with Crippen LogP contribution in [0.3, 0.4) is 0 Å². The molecule has 6 heteroatoms. The molecule has 0 aromatic carbocycles. The molecule has 1 aliphatic carbocycles. The van der Waals surface area contributed by atoms with Gasteiger partial charge in [0.1, 0.15) is 12.0 Å². The Morgan fingerprint density at radius 1 is 1.36 bits per heavy atom. The second kappa shape index (κ2) is 6.39. The molecular formula is C16H18N6. The lowest BCUT2D eigenvalue weighted by atomic mass is 9.87. The molecule has 22 heavy (non-hydrogen) atoms. The number of aromatic amines is 1. The number of hydrogen-bond acceptors (Lipinski definition) is 5. The summed E-state index contributed by atoms with van der Waals surface area (Å²) in [6.07, 6.45) is 10.4. The lowest BCUT2D eigenvalue weighted by molar-refractivity contribution is 0.354. The van der Waals surface area contributed by atoms with Crippen LogP contribution in [0, 0.1) is 22.7 Å². The quantitative estimate of drug-likeness (QED) is 0.754. The van der Waals surface area contributed by atoms with Crippen LogP contribution < -0.4 is 5.32 Å². The van der Waals surface area contributed by atoms with Gasteiger partial charge in [0.15, 0.2) is 0 Å². The maximum absolute atomic E-state index is 8.93. The van der Waals surface area contributed by atoms with E-state index in [2.05, 4.69) is 26.3 Å². The first-order valence-corrected chi connectivity index (χ1v) is 7.46. The highest BCUT2D eigenvalue weighted by molar-refractivity contribution is 6.11. The van der Waals surface area contributed by atoms with Crippen molar-refractivity contribution >= 4 is 22.8 Å². The van der Waals surface area contributed by atoms with E-state index in [-0.39, 0.29) is 5.92 Å². The molecule has 0 radical (unpaired) electrons. The largest absolute Gasteiger partial charge is 0.388 e. The summed E-state index contributed by atoms with van der Waals surface area (Å²) in [7, 11) is 0. The molecule has 2 aromatic heterocycles. The molecule has 0 unspecified atom stereocenters. The van der Waals surface area contributed by atoms with Gasteiger partial charge in [0.05, 0.1) is 11.8 Å². The Kier molecular flexibility index (Phi) is 4.15. The third-order valence-corrected chi connectivity index (χ3v) is 4.17. The maximum atomic E-state index is 8.93. The molecule has 0 amide bonds. The fourth-order valence-corrected chi connectivity index (χ4v) is 2.88. The summed E-state index contributed by atoms with van der Waals surface area (Å²) in [6.45, 7) is 0. The first kappa shape index (κ1) is 14.3. The molecule has 1 saturated carbocycles. The average Bonchev–Trinajstić information content (AvgIpc) is 3.05. The Bertz CT molecular complexity index is 730. The molecule has 112 valence electrons. The number of fused-ring (bicyclic) bond motifs is 1. The molecule has 6 nitrogen and oxygen atoms in total. The van der Waals surface area contributed by atoms with Gasteiger partial charge in [-0.1, -0.05) is 0 Å². The highest BCUT2D eigenvalue weighted by atomic mass is 14.9. The van der Waals surface area contributed by atoms with Crippen molar-refractivity contribution in [3.63, 3.8) is 0 Å². The van der Waals surface area contributed by atoms with Crippen LogP contribution in [0.5, 0.6) is 0 Å². The zero-order valence-electron chi connectivity index (χ0n) is 12.2. The summed E-state index contributed by atoms with van der Waals surface area (Å²) in [4.78, 5) is 11.5. The second-order valence-corrected chi connectivity index (χ2v) is 5.55. The van der Waals surface area contributed by atoms with Gasteiger partial charge in [0, 0.05) is 41.5 Å². The number of rotatable bonds is 4. The van der Waals surface area contributed by atoms with Gasteiger partial charge >= 0.3 is 0 Å². The molecule has 3 N–H and O–H groups in total. The SMILES string of the molecule is N#C[C@H]1CC[C@@H](N/C=C(\C=N)c2ncnc3[nH]ccc23)CC1. The van der Waals surface area contributed by atoms with Gasteiger partial charge in [-0.15, -0.1) is 0 Å². The first-order chi connectivity index (χ1) is 10.8. The number of nitriles is 1. The van der Waals surface area contributed by atoms with Crippen LogP contribution >= 0.6 is 0 Å². The summed E-state index contributed by atoms with van der Waals surface area (Å²) in [5.41, 5.74) is 2.25. The molecule has 0 atom stereocenters. The Morgan fingerprint density at radius 3 is 2.91 bits per heavy atom. The van der Waals surface area contributed by atoms with Crippen LogP contribution in [0.25, 0.3) is 16.6 Å². The van der Waals surface area contributed by atoms with E-state index in [4.69, 9.17) is 10.7 Å². The zero-order chi connectivity index (χ0) is 15.4. The average molecular weight is 294 g/mol. The van der Waals surface area contributed by atoms with Crippen molar-refractivity contribution in [3.05, 3.63) is 30.5 Å². The fraction of sp³-hybridized carbons (Fsp3) is 0.375. The topological polar surface area (TPSA) is 101 Å². The number of H-pyrrole nitrogens is 1. The van der Waals surface area contributed by atoms with Crippen molar-refractivity contribution in [1.82, 2.24) is 20.3 Å². The van der Waals surface area contributed by atoms with E-state index in [1.807, 2.05) is 18.5 Å². The van der Waals surface area contributed by atoms with Gasteiger partial charge in [-0.25, -0.2) is 9.97 Å². The second-order valence-electron chi connectivity index (χ2n) is 5.55. The van der Waals surface area contributed by atoms with Gasteiger partial charge in [0.25, 0.3) is 0 Å². The van der Waals surface area contributed by atoms with Crippen LogP contribution in [-0.2, 0) is 0 Å². The lowest BCUT2D eigenvalue weighted by Gasteiger charge is -2.25. The van der Waals surface area contributed by atoms with Gasteiger partial charge in [-0.3, -0.25) is 0 Å². The van der Waals surface area contributed by atoms with Crippen molar-refractivity contribution in [2.24, 2.45) is 5.92 Å². The van der Waals surface area contributed by atoms with Crippen LogP contribution in [0.1, 0.15) is 31.4 Å². The monoisotopic (exact) mass is 294 g/mol. The third-order valence-electron chi connectivity index (χ3n) is 4.17. The molecule has 0 spiro atoms. The Labute approximate surface area is 128 Å². The third kappa shape index (κ3) is 2.84. The molecular weight excluding hydrogens is 276 g/mol. The molecule has 0 saturated heterocycles. The summed E-state index contributed by atoms with van der Waals surface area (Å²) in [5, 5.41) is 20.9. The summed E-state index contributed by atoms with van der Waals surface area (Å²) in [5.74, 6) is 0.200. The van der Waals surface area contributed by atoms with Gasteiger partial charge < -0.3 is 15.7 Å². The summed E-state index contributed by atoms with van der Waals surface area (Å²) >= 11 is 0. The van der Waals surface area contributed by atoms with Crippen LogP contribution in [0.15, 0.2) is 24.8 Å². The van der Waals surface area contributed by atoms with Crippen molar-refractivity contribution in [2.45, 2.75) is 31.7 Å². The number of aromatic nitrogens is 3. The van der Waals surface area contributed by atoms with Crippen molar-refractivity contribution in [2.75, 3.05) is 0 Å². The minimum Gasteiger partial charge on any atom is -0.388 e. The Hall–Kier alpha value is -2.68. The van der Waals surface area contributed by atoms with E-state index in [9.17, 15) is 0 Å². The standard InChI is InChI=1S/C16H18N6/c17-7-11-1-3-13(4-2-11)20-9-12(8-18)15-14-5-6-19-16(14)22-10-21-15/h5-6,8-11,13,18,20H,1-4H2,(H,19,21,22)/b12-9+,18-8?/t11-,13+. The predicted molar refractivity (Wildman–Crippen MR) is 85.1 cm³/mol. The van der Waals surface area contributed by atoms with E-state index >= 15 is 0 Å². The number of hydrogen-bond donors (Lipinski definition) is 3.